The van der Waals surface area contributed by atoms with E-state index in [1.54, 1.807) is 18.2 Å². The summed E-state index contributed by atoms with van der Waals surface area (Å²) in [6.07, 6.45) is 1.42. The van der Waals surface area contributed by atoms with Crippen molar-refractivity contribution in [3.8, 4) is 28.4 Å². The van der Waals surface area contributed by atoms with Gasteiger partial charge in [0.2, 0.25) is 5.75 Å². The number of hydrazone groups is 1. The molecular weight excluding hydrogens is 452 g/mol. The maximum Gasteiger partial charge on any atom is 0.288 e. The van der Waals surface area contributed by atoms with Gasteiger partial charge in [0.05, 0.1) is 32.5 Å². The van der Waals surface area contributed by atoms with Crippen LogP contribution in [0.3, 0.4) is 0 Å². The van der Waals surface area contributed by atoms with Gasteiger partial charge in [-0.25, -0.2) is 5.43 Å². The van der Waals surface area contributed by atoms with Gasteiger partial charge in [0.1, 0.15) is 5.69 Å². The molecule has 0 saturated heterocycles. The number of aromatic amines is 1. The predicted molar refractivity (Wildman–Crippen MR) is 132 cm³/mol. The SMILES string of the molecule is COc1ccc(/C=N/NC(=O)c2[nH]c3ccc([N+](=O)[O-])cc3c2-c2ccccc2)c(OC)c1OC. The first-order valence-corrected chi connectivity index (χ1v) is 10.5. The minimum Gasteiger partial charge on any atom is -0.493 e. The highest BCUT2D eigenvalue weighted by atomic mass is 16.6. The lowest BCUT2D eigenvalue weighted by Crippen LogP contribution is -2.19. The van der Waals surface area contributed by atoms with Crippen LogP contribution in [0.15, 0.2) is 65.8 Å². The zero-order valence-corrected chi connectivity index (χ0v) is 19.2. The minimum absolute atomic E-state index is 0.0702. The van der Waals surface area contributed by atoms with Gasteiger partial charge in [0.25, 0.3) is 11.6 Å². The number of fused-ring (bicyclic) bond motifs is 1. The molecule has 4 rings (SSSR count). The maximum atomic E-state index is 13.1. The van der Waals surface area contributed by atoms with Gasteiger partial charge < -0.3 is 19.2 Å². The van der Waals surface area contributed by atoms with Crippen LogP contribution in [0.2, 0.25) is 0 Å². The number of aromatic nitrogens is 1. The molecule has 4 aromatic rings. The molecule has 0 bridgehead atoms. The topological polar surface area (TPSA) is 128 Å². The lowest BCUT2D eigenvalue weighted by Gasteiger charge is -2.13. The molecule has 2 N–H and O–H groups in total. The molecule has 10 nitrogen and oxygen atoms in total. The van der Waals surface area contributed by atoms with Crippen LogP contribution in [0.5, 0.6) is 17.2 Å². The molecule has 35 heavy (non-hydrogen) atoms. The van der Waals surface area contributed by atoms with Crippen molar-refractivity contribution in [2.24, 2.45) is 5.10 Å². The number of carbonyl (C=O) groups excluding carboxylic acids is 1. The summed E-state index contributed by atoms with van der Waals surface area (Å²) < 4.78 is 16.1. The Kier molecular flexibility index (Phi) is 6.63. The number of non-ortho nitro benzene ring substituents is 1. The van der Waals surface area contributed by atoms with Gasteiger partial charge in [0.15, 0.2) is 11.5 Å². The summed E-state index contributed by atoms with van der Waals surface area (Å²) in [5, 5.41) is 16.0. The highest BCUT2D eigenvalue weighted by molar-refractivity contribution is 6.10. The van der Waals surface area contributed by atoms with Crippen molar-refractivity contribution in [3.63, 3.8) is 0 Å². The van der Waals surface area contributed by atoms with E-state index in [-0.39, 0.29) is 11.4 Å². The summed E-state index contributed by atoms with van der Waals surface area (Å²) in [6, 6.07) is 17.0. The number of ether oxygens (including phenoxy) is 3. The molecule has 1 amide bonds. The highest BCUT2D eigenvalue weighted by Crippen LogP contribution is 2.39. The van der Waals surface area contributed by atoms with E-state index in [1.165, 1.54) is 39.7 Å². The van der Waals surface area contributed by atoms with Crippen molar-refractivity contribution in [3.05, 3.63) is 82.0 Å². The molecule has 1 heterocycles. The Morgan fingerprint density at radius 1 is 1.00 bits per heavy atom. The number of methoxy groups -OCH3 is 3. The minimum atomic E-state index is -0.515. The molecule has 0 radical (unpaired) electrons. The van der Waals surface area contributed by atoms with Crippen molar-refractivity contribution < 1.29 is 23.9 Å². The summed E-state index contributed by atoms with van der Waals surface area (Å²) >= 11 is 0. The number of nitrogens with zero attached hydrogens (tertiary/aromatic N) is 2. The Morgan fingerprint density at radius 3 is 2.40 bits per heavy atom. The smallest absolute Gasteiger partial charge is 0.288 e. The average molecular weight is 474 g/mol. The van der Waals surface area contributed by atoms with E-state index in [2.05, 4.69) is 15.5 Å². The molecule has 0 unspecified atom stereocenters. The Bertz CT molecular complexity index is 1430. The van der Waals surface area contributed by atoms with Crippen molar-refractivity contribution in [1.29, 1.82) is 0 Å². The Morgan fingerprint density at radius 2 is 1.74 bits per heavy atom. The fraction of sp³-hybridized carbons (Fsp3) is 0.120. The summed E-state index contributed by atoms with van der Waals surface area (Å²) in [5.41, 5.74) is 5.08. The molecule has 0 aliphatic rings. The van der Waals surface area contributed by atoms with Crippen LogP contribution in [-0.2, 0) is 0 Å². The number of hydrogen-bond donors (Lipinski definition) is 2. The molecule has 1 aromatic heterocycles. The largest absolute Gasteiger partial charge is 0.493 e. The van der Waals surface area contributed by atoms with Gasteiger partial charge in [0, 0.05) is 34.2 Å². The van der Waals surface area contributed by atoms with Crippen molar-refractivity contribution in [1.82, 2.24) is 10.4 Å². The average Bonchev–Trinajstić information content (AvgIpc) is 3.27. The standard InChI is InChI=1S/C25H22N4O6/c1-33-20-12-9-16(23(34-2)24(20)35-3)14-26-28-25(30)22-21(15-7-5-4-6-8-15)18-13-17(29(31)32)10-11-19(18)27-22/h4-14,27H,1-3H3,(H,28,30)/b26-14+. The van der Waals surface area contributed by atoms with Gasteiger partial charge in [-0.2, -0.15) is 5.10 Å². The molecule has 0 spiro atoms. The molecule has 0 aliphatic heterocycles. The van der Waals surface area contributed by atoms with Crippen LogP contribution in [0.25, 0.3) is 22.0 Å². The van der Waals surface area contributed by atoms with Crippen LogP contribution < -0.4 is 19.6 Å². The summed E-state index contributed by atoms with van der Waals surface area (Å²) in [6.45, 7) is 0. The molecule has 0 atom stereocenters. The number of rotatable bonds is 8. The number of nitro groups is 1. The number of H-pyrrole nitrogens is 1. The third kappa shape index (κ3) is 4.49. The van der Waals surface area contributed by atoms with E-state index in [1.807, 2.05) is 30.3 Å². The van der Waals surface area contributed by atoms with Crippen LogP contribution in [-0.4, -0.2) is 43.4 Å². The van der Waals surface area contributed by atoms with E-state index in [4.69, 9.17) is 14.2 Å². The number of carbonyl (C=O) groups is 1. The fourth-order valence-corrected chi connectivity index (χ4v) is 3.81. The van der Waals surface area contributed by atoms with Crippen LogP contribution in [0.1, 0.15) is 16.1 Å². The fourth-order valence-electron chi connectivity index (χ4n) is 3.81. The Balaban J connectivity index is 1.71. The molecule has 0 aliphatic carbocycles. The van der Waals surface area contributed by atoms with Crippen molar-refractivity contribution in [2.75, 3.05) is 21.3 Å². The summed E-state index contributed by atoms with van der Waals surface area (Å²) in [4.78, 5) is 27.0. The number of amides is 1. The number of nitrogens with one attached hydrogen (secondary N) is 2. The number of hydrogen-bond acceptors (Lipinski definition) is 7. The molecule has 10 heteroatoms. The number of benzene rings is 3. The lowest BCUT2D eigenvalue weighted by molar-refractivity contribution is -0.384. The third-order valence-corrected chi connectivity index (χ3v) is 5.39. The second-order valence-electron chi connectivity index (χ2n) is 7.35. The summed E-state index contributed by atoms with van der Waals surface area (Å²) in [7, 11) is 4.50. The quantitative estimate of drug-likeness (QED) is 0.219. The predicted octanol–water partition coefficient (Wildman–Crippen LogP) is 4.53. The molecule has 3 aromatic carbocycles. The van der Waals surface area contributed by atoms with E-state index >= 15 is 0 Å². The van der Waals surface area contributed by atoms with Gasteiger partial charge in [-0.3, -0.25) is 14.9 Å². The first-order chi connectivity index (χ1) is 17.0. The van der Waals surface area contributed by atoms with E-state index in [0.717, 1.165) is 5.56 Å². The summed E-state index contributed by atoms with van der Waals surface area (Å²) in [5.74, 6) is 0.769. The first kappa shape index (κ1) is 23.3. The zero-order valence-electron chi connectivity index (χ0n) is 19.2. The van der Waals surface area contributed by atoms with Gasteiger partial charge in [-0.15, -0.1) is 0 Å². The second-order valence-corrected chi connectivity index (χ2v) is 7.35. The molecule has 0 saturated carbocycles. The van der Waals surface area contributed by atoms with Crippen LogP contribution in [0.4, 0.5) is 5.69 Å². The normalized spacial score (nSPS) is 10.9. The number of nitro benzene ring substituents is 1. The van der Waals surface area contributed by atoms with Crippen LogP contribution >= 0.6 is 0 Å². The van der Waals surface area contributed by atoms with Crippen molar-refractivity contribution in [2.45, 2.75) is 0 Å². The van der Waals surface area contributed by atoms with Crippen LogP contribution in [0, 0.1) is 10.1 Å². The third-order valence-electron chi connectivity index (χ3n) is 5.39. The van der Waals surface area contributed by atoms with Gasteiger partial charge >= 0.3 is 0 Å². The maximum absolute atomic E-state index is 13.1. The van der Waals surface area contributed by atoms with Gasteiger partial charge in [-0.1, -0.05) is 30.3 Å². The van der Waals surface area contributed by atoms with E-state index in [0.29, 0.717) is 39.3 Å². The highest BCUT2D eigenvalue weighted by Gasteiger charge is 2.21. The van der Waals surface area contributed by atoms with E-state index in [9.17, 15) is 14.9 Å². The van der Waals surface area contributed by atoms with Crippen molar-refractivity contribution >= 4 is 28.7 Å². The lowest BCUT2D eigenvalue weighted by atomic mass is 10.0. The molecular formula is C25H22N4O6. The first-order valence-electron chi connectivity index (χ1n) is 10.5. The van der Waals surface area contributed by atoms with Gasteiger partial charge in [-0.05, 0) is 23.8 Å². The Labute approximate surface area is 200 Å². The molecule has 0 fully saturated rings. The monoisotopic (exact) mass is 474 g/mol. The zero-order chi connectivity index (χ0) is 24.9. The Hall–Kier alpha value is -4.86. The molecule has 178 valence electrons. The van der Waals surface area contributed by atoms with E-state index < -0.39 is 10.8 Å². The second kappa shape index (κ2) is 9.96.